The third kappa shape index (κ3) is 3.47. The maximum absolute atomic E-state index is 10.2. The summed E-state index contributed by atoms with van der Waals surface area (Å²) in [7, 11) is 0. The van der Waals surface area contributed by atoms with Gasteiger partial charge in [0.25, 0.3) is 0 Å². The fourth-order valence-corrected chi connectivity index (χ4v) is 0.0719. The zero-order valence-electron chi connectivity index (χ0n) is 8.32. The van der Waals surface area contributed by atoms with Crippen molar-refractivity contribution in [1.29, 1.82) is 0 Å². The third-order valence-corrected chi connectivity index (χ3v) is 0.195. The van der Waals surface area contributed by atoms with Crippen LogP contribution in [0.3, 0.4) is 0 Å². The van der Waals surface area contributed by atoms with Crippen LogP contribution in [0.1, 0.15) is 20.6 Å². The molecule has 0 rings (SSSR count). The van der Waals surface area contributed by atoms with Gasteiger partial charge in [-0.25, -0.2) is 0 Å². The molecule has 2 nitrogen and oxygen atoms in total. The third-order valence-electron chi connectivity index (χ3n) is 0.195. The summed E-state index contributed by atoms with van der Waals surface area (Å²) in [5.41, 5.74) is 0. The summed E-state index contributed by atoms with van der Waals surface area (Å²) in [5, 5.41) is 0. The maximum atomic E-state index is 10.2. The van der Waals surface area contributed by atoms with Crippen LogP contribution in [0.25, 0.3) is 0 Å². The fourth-order valence-electron chi connectivity index (χ4n) is 0.0719. The second-order valence-electron chi connectivity index (χ2n) is 0.696. The lowest BCUT2D eigenvalue weighted by atomic mass is 10.8. The second-order valence-corrected chi connectivity index (χ2v) is 0.696. The summed E-state index contributed by atoms with van der Waals surface area (Å²) in [6, 6.07) is 0. The van der Waals surface area contributed by atoms with Crippen molar-refractivity contribution in [2.75, 3.05) is 6.56 Å². The van der Waals surface area contributed by atoms with Gasteiger partial charge in [0, 0.05) is 11.0 Å². The van der Waals surface area contributed by atoms with E-state index in [1.807, 2.05) is 0 Å². The molecule has 0 aliphatic carbocycles. The van der Waals surface area contributed by atoms with Crippen molar-refractivity contribution in [2.24, 2.45) is 0 Å². The molecule has 0 heterocycles. The van der Waals surface area contributed by atoms with Gasteiger partial charge in [-0.15, -0.1) is 0 Å². The molecule has 0 N–H and O–H groups in total. The Morgan fingerprint density at radius 1 is 2.33 bits per heavy atom. The molecule has 0 saturated heterocycles. The zero-order chi connectivity index (χ0) is 9.28. The Bertz CT molecular complexity index is 160. The average Bonchev–Trinajstić information content (AvgIpc) is 1.56. The molecule has 6 heavy (non-hydrogen) atoms. The fraction of sp³-hybridized carbons (Fsp3) is 0.750. The highest BCUT2D eigenvalue weighted by Gasteiger charge is 1.81. The minimum absolute atomic E-state index is 0.948. The second kappa shape index (κ2) is 2.69. The number of carbonyl (C=O) groups is 1. The molecule has 0 saturated carbocycles. The van der Waals surface area contributed by atoms with E-state index in [9.17, 15) is 4.79 Å². The number of hydrogen-bond acceptors (Lipinski definition) is 2. The van der Waals surface area contributed by atoms with Gasteiger partial charge in [0.1, 0.15) is 0 Å². The molecule has 0 aliphatic heterocycles. The lowest BCUT2D eigenvalue weighted by Crippen LogP contribution is -1.95. The summed E-state index contributed by atoms with van der Waals surface area (Å²) in [5.74, 6) is -0.953. The standard InChI is InChI=1S/C4H8O2/c1-3-6-4(2)5/h3H2,1-2H3/i1D3,3D2. The van der Waals surface area contributed by atoms with Crippen LogP contribution in [0.4, 0.5) is 0 Å². The molecule has 2 heteroatoms. The first kappa shape index (κ1) is 1.22. The van der Waals surface area contributed by atoms with Gasteiger partial charge in [-0.2, -0.15) is 0 Å². The van der Waals surface area contributed by atoms with Crippen molar-refractivity contribution in [1.82, 2.24) is 0 Å². The van der Waals surface area contributed by atoms with E-state index in [-0.39, 0.29) is 0 Å². The van der Waals surface area contributed by atoms with Crippen molar-refractivity contribution >= 4 is 5.97 Å². The number of ether oxygens (including phenoxy) is 1. The summed E-state index contributed by atoms with van der Waals surface area (Å²) in [6.45, 7) is -4.87. The SMILES string of the molecule is [2H]C([2H])([2H])C([2H])([2H])OC(C)=O. The lowest BCUT2D eigenvalue weighted by Gasteiger charge is -1.89. The first-order valence-corrected chi connectivity index (χ1v) is 1.36. The van der Waals surface area contributed by atoms with Crippen LogP contribution >= 0.6 is 0 Å². The molecule has 0 atom stereocenters. The van der Waals surface area contributed by atoms with Gasteiger partial charge >= 0.3 is 5.97 Å². The molecule has 0 aromatic carbocycles. The summed E-state index contributed by atoms with van der Waals surface area (Å²) in [4.78, 5) is 10.2. The highest BCUT2D eigenvalue weighted by Crippen LogP contribution is 1.69. The highest BCUT2D eigenvalue weighted by molar-refractivity contribution is 5.65. The molecule has 0 aromatic heterocycles. The number of esters is 1. The Hall–Kier alpha value is -0.530. The van der Waals surface area contributed by atoms with Crippen LogP contribution in [-0.4, -0.2) is 12.5 Å². The van der Waals surface area contributed by atoms with Crippen LogP contribution in [0, 0.1) is 0 Å². The average molecular weight is 93.1 g/mol. The van der Waals surface area contributed by atoms with Crippen LogP contribution in [-0.2, 0) is 9.53 Å². The minimum atomic E-state index is -2.93. The van der Waals surface area contributed by atoms with Crippen molar-refractivity contribution < 1.29 is 16.4 Å². The topological polar surface area (TPSA) is 26.3 Å². The molecule has 0 spiro atoms. The predicted molar refractivity (Wildman–Crippen MR) is 22.3 cm³/mol. The zero-order valence-corrected chi connectivity index (χ0v) is 3.32. The molecule has 0 bridgehead atoms. The van der Waals surface area contributed by atoms with E-state index in [0.29, 0.717) is 0 Å². The van der Waals surface area contributed by atoms with Crippen molar-refractivity contribution in [2.45, 2.75) is 13.8 Å². The van der Waals surface area contributed by atoms with E-state index >= 15 is 0 Å². The van der Waals surface area contributed by atoms with Gasteiger partial charge in [-0.1, -0.05) is 0 Å². The van der Waals surface area contributed by atoms with Crippen molar-refractivity contribution in [3.05, 3.63) is 0 Å². The first-order valence-electron chi connectivity index (χ1n) is 3.86. The van der Waals surface area contributed by atoms with E-state index in [0.717, 1.165) is 6.92 Å². The van der Waals surface area contributed by atoms with E-state index in [1.165, 1.54) is 0 Å². The van der Waals surface area contributed by atoms with Gasteiger partial charge < -0.3 is 4.74 Å². The Morgan fingerprint density at radius 2 is 3.00 bits per heavy atom. The maximum Gasteiger partial charge on any atom is 0.302 e. The summed E-state index contributed by atoms with van der Waals surface area (Å²) in [6.07, 6.45) is 0. The largest absolute Gasteiger partial charge is 0.466 e. The number of rotatable bonds is 1. The smallest absolute Gasteiger partial charge is 0.302 e. The summed E-state index contributed by atoms with van der Waals surface area (Å²) >= 11 is 0. The quantitative estimate of drug-likeness (QED) is 0.443. The predicted octanol–water partition coefficient (Wildman–Crippen LogP) is 0.569. The van der Waals surface area contributed by atoms with Gasteiger partial charge in [-0.3, -0.25) is 4.79 Å². The van der Waals surface area contributed by atoms with Gasteiger partial charge in [0.05, 0.1) is 9.30 Å². The molecule has 0 radical (unpaired) electrons. The van der Waals surface area contributed by atoms with Gasteiger partial charge in [0.2, 0.25) is 0 Å². The van der Waals surface area contributed by atoms with Crippen LogP contribution in [0.15, 0.2) is 0 Å². The molecule has 0 aromatic rings. The van der Waals surface area contributed by atoms with Gasteiger partial charge in [0.15, 0.2) is 0 Å². The van der Waals surface area contributed by atoms with E-state index in [4.69, 9.17) is 6.85 Å². The summed E-state index contributed by atoms with van der Waals surface area (Å²) < 4.78 is 37.3. The Morgan fingerprint density at radius 3 is 3.17 bits per heavy atom. The van der Waals surface area contributed by atoms with E-state index in [1.54, 1.807) is 0 Å². The lowest BCUT2D eigenvalue weighted by molar-refractivity contribution is -0.140. The first-order chi connectivity index (χ1) is 4.67. The Labute approximate surface area is 44.1 Å². The van der Waals surface area contributed by atoms with E-state index < -0.39 is 19.4 Å². The van der Waals surface area contributed by atoms with Crippen LogP contribution < -0.4 is 0 Å². The minimum Gasteiger partial charge on any atom is -0.466 e. The molecule has 0 unspecified atom stereocenters. The molecule has 36 valence electrons. The van der Waals surface area contributed by atoms with Crippen molar-refractivity contribution in [3.63, 3.8) is 0 Å². The monoisotopic (exact) mass is 93.1 g/mol. The van der Waals surface area contributed by atoms with Gasteiger partial charge in [-0.05, 0) is 6.85 Å². The molecule has 0 amide bonds. The Balaban J connectivity index is 4.34. The van der Waals surface area contributed by atoms with E-state index in [2.05, 4.69) is 4.74 Å². The molecule has 0 fully saturated rings. The Kier molecular flexibility index (Phi) is 0.547. The van der Waals surface area contributed by atoms with Crippen molar-refractivity contribution in [3.8, 4) is 0 Å². The molecule has 0 aliphatic rings. The number of hydrogen-bond donors (Lipinski definition) is 0. The number of carbonyl (C=O) groups excluding carboxylic acids is 1. The molecular weight excluding hydrogens is 80.0 g/mol. The highest BCUT2D eigenvalue weighted by atomic mass is 16.5. The van der Waals surface area contributed by atoms with Crippen LogP contribution in [0.2, 0.25) is 0 Å². The molecular formula is C4H8O2. The van der Waals surface area contributed by atoms with Crippen LogP contribution in [0.5, 0.6) is 0 Å². The normalized spacial score (nSPS) is 24.5.